The molecule has 2 aromatic rings. The molecule has 1 saturated heterocycles. The highest BCUT2D eigenvalue weighted by molar-refractivity contribution is 7.09. The Labute approximate surface area is 176 Å². The molecule has 8 heteroatoms. The van der Waals surface area contributed by atoms with Crippen molar-refractivity contribution in [3.63, 3.8) is 0 Å². The molecule has 3 rings (SSSR count). The number of amides is 1. The Balaban J connectivity index is 1.37. The molecule has 158 valence electrons. The number of carbonyl (C=O) groups is 1. The summed E-state index contributed by atoms with van der Waals surface area (Å²) in [7, 11) is 0. The maximum absolute atomic E-state index is 13.0. The van der Waals surface area contributed by atoms with Crippen molar-refractivity contribution in [3.8, 4) is 0 Å². The summed E-state index contributed by atoms with van der Waals surface area (Å²) in [5.41, 5.74) is 1.02. The van der Waals surface area contributed by atoms with Gasteiger partial charge in [0.2, 0.25) is 11.0 Å². The number of hydrogen-bond acceptors (Lipinski definition) is 5. The van der Waals surface area contributed by atoms with Crippen molar-refractivity contribution in [2.45, 2.75) is 39.0 Å². The molecule has 29 heavy (non-hydrogen) atoms. The number of piperazine rings is 1. The monoisotopic (exact) mass is 420 g/mol. The summed E-state index contributed by atoms with van der Waals surface area (Å²) >= 11 is 1.44. The number of nitrogens with one attached hydrogen (secondary N) is 2. The second-order valence-electron chi connectivity index (χ2n) is 7.59. The second kappa shape index (κ2) is 11.2. The van der Waals surface area contributed by atoms with E-state index in [1.54, 1.807) is 12.1 Å². The lowest BCUT2D eigenvalue weighted by Gasteiger charge is -2.31. The van der Waals surface area contributed by atoms with Crippen molar-refractivity contribution in [1.29, 1.82) is 0 Å². The third-order valence-electron chi connectivity index (χ3n) is 5.28. The fourth-order valence-corrected chi connectivity index (χ4v) is 4.23. The van der Waals surface area contributed by atoms with Crippen molar-refractivity contribution in [1.82, 2.24) is 14.7 Å². The molecular formula is C21H31FN5OS+. The van der Waals surface area contributed by atoms with Crippen LogP contribution in [0, 0.1) is 5.82 Å². The van der Waals surface area contributed by atoms with Crippen LogP contribution in [0.3, 0.4) is 0 Å². The normalized spacial score (nSPS) is 14.9. The molecular weight excluding hydrogens is 389 g/mol. The first-order valence-corrected chi connectivity index (χ1v) is 11.3. The molecule has 6 nitrogen and oxygen atoms in total. The van der Waals surface area contributed by atoms with E-state index in [9.17, 15) is 9.18 Å². The fourth-order valence-electron chi connectivity index (χ4n) is 3.50. The topological polar surface area (TPSA) is 62.6 Å². The highest BCUT2D eigenvalue weighted by Gasteiger charge is 2.22. The van der Waals surface area contributed by atoms with Crippen LogP contribution in [-0.2, 0) is 11.2 Å². The van der Waals surface area contributed by atoms with E-state index >= 15 is 0 Å². The third kappa shape index (κ3) is 7.04. The largest absolute Gasteiger partial charge is 0.350 e. The summed E-state index contributed by atoms with van der Waals surface area (Å²) in [6.07, 6.45) is 4.52. The second-order valence-corrected chi connectivity index (χ2v) is 8.32. The lowest BCUT2D eigenvalue weighted by atomic mass is 10.1. The van der Waals surface area contributed by atoms with Crippen LogP contribution in [0.5, 0.6) is 0 Å². The lowest BCUT2D eigenvalue weighted by molar-refractivity contribution is -0.899. The van der Waals surface area contributed by atoms with Gasteiger partial charge in [-0.15, -0.1) is 0 Å². The number of rotatable bonds is 10. The number of halogens is 1. The average Bonchev–Trinajstić information content (AvgIpc) is 3.19. The number of anilines is 1. The molecule has 0 saturated carbocycles. The van der Waals surface area contributed by atoms with Crippen molar-refractivity contribution < 1.29 is 14.1 Å². The van der Waals surface area contributed by atoms with Crippen LogP contribution in [-0.4, -0.2) is 54.5 Å². The predicted octanol–water partition coefficient (Wildman–Crippen LogP) is 1.67. The molecule has 2 heterocycles. The van der Waals surface area contributed by atoms with Gasteiger partial charge in [0.25, 0.3) is 0 Å². The molecule has 1 aromatic carbocycles. The van der Waals surface area contributed by atoms with E-state index < -0.39 is 0 Å². The van der Waals surface area contributed by atoms with Crippen LogP contribution in [0.2, 0.25) is 0 Å². The van der Waals surface area contributed by atoms with Gasteiger partial charge in [0.15, 0.2) is 0 Å². The highest BCUT2D eigenvalue weighted by atomic mass is 32.1. The van der Waals surface area contributed by atoms with Crippen molar-refractivity contribution in [2.75, 3.05) is 44.2 Å². The molecule has 0 spiro atoms. The summed E-state index contributed by atoms with van der Waals surface area (Å²) in [5.74, 6) is 0.744. The zero-order valence-corrected chi connectivity index (χ0v) is 17.9. The standard InChI is InChI=1S/C21H30FN5OS/c1-2-3-4-5-20(28)23-10-11-26-12-14-27(15-13-26)21-24-19(25-29-21)16-17-6-8-18(22)9-7-17/h6-9H,2-5,10-16H2,1H3,(H,23,28)/p+1. The Kier molecular flexibility index (Phi) is 8.37. The van der Waals surface area contributed by atoms with Crippen LogP contribution in [0.1, 0.15) is 44.0 Å². The third-order valence-corrected chi connectivity index (χ3v) is 6.10. The zero-order valence-electron chi connectivity index (χ0n) is 17.1. The van der Waals surface area contributed by atoms with Crippen LogP contribution >= 0.6 is 11.5 Å². The first-order chi connectivity index (χ1) is 14.1. The minimum absolute atomic E-state index is 0.180. The number of hydrogen-bond donors (Lipinski definition) is 2. The molecule has 2 N–H and O–H groups in total. The smallest absolute Gasteiger partial charge is 0.220 e. The summed E-state index contributed by atoms with van der Waals surface area (Å²) in [4.78, 5) is 20.3. The Bertz CT molecular complexity index is 759. The SMILES string of the molecule is CCCCCC(=O)NCC[NH+]1CCN(c2nc(Cc3ccc(F)cc3)ns2)CC1. The van der Waals surface area contributed by atoms with Gasteiger partial charge in [-0.25, -0.2) is 9.37 Å². The Hall–Kier alpha value is -2.06. The molecule has 1 aromatic heterocycles. The molecule has 0 radical (unpaired) electrons. The van der Waals surface area contributed by atoms with Crippen LogP contribution in [0.4, 0.5) is 9.52 Å². The van der Waals surface area contributed by atoms with E-state index in [-0.39, 0.29) is 11.7 Å². The van der Waals surface area contributed by atoms with Crippen molar-refractivity contribution in [3.05, 3.63) is 41.5 Å². The molecule has 1 aliphatic rings. The van der Waals surface area contributed by atoms with E-state index in [1.807, 2.05) is 0 Å². The van der Waals surface area contributed by atoms with Gasteiger partial charge >= 0.3 is 0 Å². The molecule has 0 atom stereocenters. The fraction of sp³-hybridized carbons (Fsp3) is 0.571. The Morgan fingerprint density at radius 2 is 2.00 bits per heavy atom. The van der Waals surface area contributed by atoms with E-state index in [1.165, 1.54) is 28.6 Å². The molecule has 1 aliphatic heterocycles. The van der Waals surface area contributed by atoms with Gasteiger partial charge in [0, 0.05) is 24.4 Å². The lowest BCUT2D eigenvalue weighted by Crippen LogP contribution is -3.15. The van der Waals surface area contributed by atoms with Gasteiger partial charge in [-0.05, 0) is 24.1 Å². The van der Waals surface area contributed by atoms with Gasteiger partial charge in [-0.2, -0.15) is 4.37 Å². The first-order valence-electron chi connectivity index (χ1n) is 10.6. The Morgan fingerprint density at radius 3 is 2.72 bits per heavy atom. The van der Waals surface area contributed by atoms with Gasteiger partial charge in [-0.1, -0.05) is 31.9 Å². The quantitative estimate of drug-likeness (QED) is 0.574. The van der Waals surface area contributed by atoms with Crippen LogP contribution in [0.25, 0.3) is 0 Å². The molecule has 0 aliphatic carbocycles. The molecule has 1 amide bonds. The van der Waals surface area contributed by atoms with Crippen LogP contribution in [0.15, 0.2) is 24.3 Å². The van der Waals surface area contributed by atoms with E-state index in [0.29, 0.717) is 12.8 Å². The predicted molar refractivity (Wildman–Crippen MR) is 114 cm³/mol. The molecule has 1 fully saturated rings. The Morgan fingerprint density at radius 1 is 1.24 bits per heavy atom. The number of quaternary nitrogens is 1. The maximum Gasteiger partial charge on any atom is 0.220 e. The van der Waals surface area contributed by atoms with Crippen LogP contribution < -0.4 is 15.1 Å². The first kappa shape index (κ1) is 21.6. The van der Waals surface area contributed by atoms with Crippen molar-refractivity contribution >= 4 is 22.6 Å². The number of carbonyl (C=O) groups excluding carboxylic acids is 1. The van der Waals surface area contributed by atoms with Gasteiger partial charge in [0.05, 0.1) is 39.3 Å². The summed E-state index contributed by atoms with van der Waals surface area (Å²) < 4.78 is 17.5. The minimum atomic E-state index is -0.225. The highest BCUT2D eigenvalue weighted by Crippen LogP contribution is 2.19. The number of unbranched alkanes of at least 4 members (excludes halogenated alkanes) is 2. The summed E-state index contributed by atoms with van der Waals surface area (Å²) in [6, 6.07) is 6.50. The molecule has 0 unspecified atom stereocenters. The summed E-state index contributed by atoms with van der Waals surface area (Å²) in [6.45, 7) is 7.85. The van der Waals surface area contributed by atoms with Gasteiger partial charge < -0.3 is 15.1 Å². The maximum atomic E-state index is 13.0. The van der Waals surface area contributed by atoms with E-state index in [4.69, 9.17) is 0 Å². The van der Waals surface area contributed by atoms with Gasteiger partial charge in [0.1, 0.15) is 11.6 Å². The van der Waals surface area contributed by atoms with Crippen molar-refractivity contribution in [2.24, 2.45) is 0 Å². The van der Waals surface area contributed by atoms with E-state index in [2.05, 4.69) is 26.5 Å². The average molecular weight is 421 g/mol. The number of benzene rings is 1. The zero-order chi connectivity index (χ0) is 20.5. The number of aromatic nitrogens is 2. The van der Waals surface area contributed by atoms with Gasteiger partial charge in [-0.3, -0.25) is 4.79 Å². The molecule has 0 bridgehead atoms. The summed E-state index contributed by atoms with van der Waals surface area (Å²) in [5, 5.41) is 4.01. The van der Waals surface area contributed by atoms with E-state index in [0.717, 1.165) is 75.1 Å². The number of nitrogens with zero attached hydrogens (tertiary/aromatic N) is 3. The minimum Gasteiger partial charge on any atom is -0.350 e.